The van der Waals surface area contributed by atoms with E-state index in [0.29, 0.717) is 34.3 Å². The first-order valence-electron chi connectivity index (χ1n) is 7.97. The van der Waals surface area contributed by atoms with Gasteiger partial charge in [0, 0.05) is 12.1 Å². The predicted octanol–water partition coefficient (Wildman–Crippen LogP) is 4.07. The van der Waals surface area contributed by atoms with E-state index in [1.165, 1.54) is 4.80 Å². The number of nitrogens with zero attached hydrogens (tertiary/aromatic N) is 3. The van der Waals surface area contributed by atoms with Crippen LogP contribution >= 0.6 is 11.6 Å². The third-order valence-corrected chi connectivity index (χ3v) is 3.92. The van der Waals surface area contributed by atoms with E-state index >= 15 is 0 Å². The van der Waals surface area contributed by atoms with Crippen molar-refractivity contribution < 1.29 is 9.53 Å². The minimum Gasteiger partial charge on any atom is -0.495 e. The van der Waals surface area contributed by atoms with Gasteiger partial charge in [-0.05, 0) is 42.3 Å². The van der Waals surface area contributed by atoms with Crippen molar-refractivity contribution in [2.24, 2.45) is 5.92 Å². The number of carbonyl (C=O) groups excluding carboxylic acids is 1. The first-order chi connectivity index (χ1) is 12.0. The molecule has 0 saturated heterocycles. The zero-order chi connectivity index (χ0) is 18.0. The van der Waals surface area contributed by atoms with Crippen molar-refractivity contribution in [3.05, 3.63) is 41.4 Å². The van der Waals surface area contributed by atoms with E-state index in [-0.39, 0.29) is 5.91 Å². The number of ether oxygens (including phenoxy) is 1. The van der Waals surface area contributed by atoms with Gasteiger partial charge in [-0.25, -0.2) is 0 Å². The SMILES string of the molecule is COc1ccc(-n2nc3ccc(NC(=O)CC(C)C)cc3n2)cc1Cl. The molecule has 0 atom stereocenters. The topological polar surface area (TPSA) is 69.0 Å². The summed E-state index contributed by atoms with van der Waals surface area (Å²) in [6.07, 6.45) is 0.481. The highest BCUT2D eigenvalue weighted by Gasteiger charge is 2.10. The van der Waals surface area contributed by atoms with Gasteiger partial charge in [0.05, 0.1) is 17.8 Å². The molecule has 7 heteroatoms. The van der Waals surface area contributed by atoms with Crippen LogP contribution in [0.5, 0.6) is 5.75 Å². The van der Waals surface area contributed by atoms with Gasteiger partial charge in [-0.1, -0.05) is 25.4 Å². The number of aromatic nitrogens is 3. The second kappa shape index (κ2) is 7.11. The number of rotatable bonds is 5. The molecule has 130 valence electrons. The summed E-state index contributed by atoms with van der Waals surface area (Å²) >= 11 is 6.16. The van der Waals surface area contributed by atoms with Gasteiger partial charge in [-0.3, -0.25) is 4.79 Å². The minimum atomic E-state index is -0.0105. The van der Waals surface area contributed by atoms with Crippen LogP contribution in [0, 0.1) is 5.92 Å². The summed E-state index contributed by atoms with van der Waals surface area (Å²) in [6, 6.07) is 10.8. The fourth-order valence-electron chi connectivity index (χ4n) is 2.47. The highest BCUT2D eigenvalue weighted by Crippen LogP contribution is 2.26. The Morgan fingerprint density at radius 2 is 1.96 bits per heavy atom. The molecule has 25 heavy (non-hydrogen) atoms. The first kappa shape index (κ1) is 17.2. The van der Waals surface area contributed by atoms with E-state index in [9.17, 15) is 4.79 Å². The summed E-state index contributed by atoms with van der Waals surface area (Å²) in [6.45, 7) is 4.02. The molecule has 0 radical (unpaired) electrons. The lowest BCUT2D eigenvalue weighted by atomic mass is 10.1. The van der Waals surface area contributed by atoms with Gasteiger partial charge in [0.1, 0.15) is 16.8 Å². The summed E-state index contributed by atoms with van der Waals surface area (Å²) in [5, 5.41) is 12.3. The molecule has 0 bridgehead atoms. The van der Waals surface area contributed by atoms with Crippen molar-refractivity contribution in [3.63, 3.8) is 0 Å². The third-order valence-electron chi connectivity index (χ3n) is 3.62. The van der Waals surface area contributed by atoms with E-state index in [1.54, 1.807) is 19.2 Å². The zero-order valence-electron chi connectivity index (χ0n) is 14.3. The maximum atomic E-state index is 11.9. The van der Waals surface area contributed by atoms with Crippen molar-refractivity contribution in [3.8, 4) is 11.4 Å². The van der Waals surface area contributed by atoms with Crippen molar-refractivity contribution in [1.29, 1.82) is 0 Å². The fourth-order valence-corrected chi connectivity index (χ4v) is 2.72. The number of amides is 1. The Kier molecular flexibility index (Phi) is 4.90. The molecule has 1 amide bonds. The van der Waals surface area contributed by atoms with Gasteiger partial charge in [0.25, 0.3) is 0 Å². The van der Waals surface area contributed by atoms with Gasteiger partial charge < -0.3 is 10.1 Å². The molecule has 0 aliphatic carbocycles. The maximum Gasteiger partial charge on any atom is 0.224 e. The molecular weight excluding hydrogens is 340 g/mol. The summed E-state index contributed by atoms with van der Waals surface area (Å²) < 4.78 is 5.15. The van der Waals surface area contributed by atoms with E-state index in [0.717, 1.165) is 11.2 Å². The molecule has 3 rings (SSSR count). The number of hydrogen-bond acceptors (Lipinski definition) is 4. The second-order valence-electron chi connectivity index (χ2n) is 6.16. The molecule has 0 aliphatic heterocycles. The molecular formula is C18H19ClN4O2. The van der Waals surface area contributed by atoms with Crippen molar-refractivity contribution in [2.45, 2.75) is 20.3 Å². The van der Waals surface area contributed by atoms with Crippen molar-refractivity contribution >= 4 is 34.2 Å². The number of fused-ring (bicyclic) bond motifs is 1. The first-order valence-corrected chi connectivity index (χ1v) is 8.35. The number of methoxy groups -OCH3 is 1. The Morgan fingerprint density at radius 3 is 2.64 bits per heavy atom. The zero-order valence-corrected chi connectivity index (χ0v) is 15.0. The minimum absolute atomic E-state index is 0.0105. The fraction of sp³-hybridized carbons (Fsp3) is 0.278. The lowest BCUT2D eigenvalue weighted by Crippen LogP contribution is -2.13. The monoisotopic (exact) mass is 358 g/mol. The molecule has 0 aliphatic rings. The molecule has 1 heterocycles. The second-order valence-corrected chi connectivity index (χ2v) is 6.57. The van der Waals surface area contributed by atoms with Gasteiger partial charge in [0.2, 0.25) is 5.91 Å². The molecule has 2 aromatic carbocycles. The molecule has 1 N–H and O–H groups in total. The lowest BCUT2D eigenvalue weighted by Gasteiger charge is -2.06. The van der Waals surface area contributed by atoms with Crippen LogP contribution in [-0.2, 0) is 4.79 Å². The normalized spacial score (nSPS) is 11.1. The summed E-state index contributed by atoms with van der Waals surface area (Å²) in [7, 11) is 1.57. The largest absolute Gasteiger partial charge is 0.495 e. The number of benzene rings is 2. The standard InChI is InChI=1S/C18H19ClN4O2/c1-11(2)8-18(24)20-12-4-6-15-16(9-12)22-23(21-15)13-5-7-17(25-3)14(19)10-13/h4-7,9-11H,8H2,1-3H3,(H,20,24). The summed E-state index contributed by atoms with van der Waals surface area (Å²) in [4.78, 5) is 13.4. The predicted molar refractivity (Wildman–Crippen MR) is 98.5 cm³/mol. The quantitative estimate of drug-likeness (QED) is 0.746. The van der Waals surface area contributed by atoms with Crippen LogP contribution < -0.4 is 10.1 Å². The summed E-state index contributed by atoms with van der Waals surface area (Å²) in [5.41, 5.74) is 2.86. The van der Waals surface area contributed by atoms with Crippen LogP contribution in [0.2, 0.25) is 5.02 Å². The molecule has 1 aromatic heterocycles. The van der Waals surface area contributed by atoms with Crippen LogP contribution in [0.1, 0.15) is 20.3 Å². The third kappa shape index (κ3) is 3.91. The Hall–Kier alpha value is -2.60. The number of nitrogens with one attached hydrogen (secondary N) is 1. The number of halogens is 1. The van der Waals surface area contributed by atoms with Gasteiger partial charge in [0.15, 0.2) is 0 Å². The Morgan fingerprint density at radius 1 is 1.20 bits per heavy atom. The van der Waals surface area contributed by atoms with Gasteiger partial charge in [-0.2, -0.15) is 4.80 Å². The van der Waals surface area contributed by atoms with Crippen LogP contribution in [0.25, 0.3) is 16.7 Å². The molecule has 6 nitrogen and oxygen atoms in total. The lowest BCUT2D eigenvalue weighted by molar-refractivity contribution is -0.116. The van der Waals surface area contributed by atoms with Gasteiger partial charge >= 0.3 is 0 Å². The van der Waals surface area contributed by atoms with Crippen LogP contribution in [0.3, 0.4) is 0 Å². The van der Waals surface area contributed by atoms with Crippen molar-refractivity contribution in [1.82, 2.24) is 15.0 Å². The Balaban J connectivity index is 1.87. The van der Waals surface area contributed by atoms with E-state index in [4.69, 9.17) is 16.3 Å². The molecule has 0 fully saturated rings. The van der Waals surface area contributed by atoms with Crippen LogP contribution in [-0.4, -0.2) is 28.0 Å². The molecule has 0 unspecified atom stereocenters. The van der Waals surface area contributed by atoms with E-state index < -0.39 is 0 Å². The average molecular weight is 359 g/mol. The summed E-state index contributed by atoms with van der Waals surface area (Å²) in [5.74, 6) is 0.894. The van der Waals surface area contributed by atoms with Crippen LogP contribution in [0.4, 0.5) is 5.69 Å². The number of anilines is 1. The van der Waals surface area contributed by atoms with Gasteiger partial charge in [-0.15, -0.1) is 10.2 Å². The molecule has 0 spiro atoms. The molecule has 0 saturated carbocycles. The number of carbonyl (C=O) groups is 1. The average Bonchev–Trinajstić information content (AvgIpc) is 2.97. The van der Waals surface area contributed by atoms with Crippen LogP contribution in [0.15, 0.2) is 36.4 Å². The smallest absolute Gasteiger partial charge is 0.224 e. The van der Waals surface area contributed by atoms with E-state index in [2.05, 4.69) is 15.5 Å². The maximum absolute atomic E-state index is 11.9. The van der Waals surface area contributed by atoms with E-state index in [1.807, 2.05) is 38.1 Å². The van der Waals surface area contributed by atoms with Crippen molar-refractivity contribution in [2.75, 3.05) is 12.4 Å². The number of hydrogen-bond donors (Lipinski definition) is 1. The highest BCUT2D eigenvalue weighted by molar-refractivity contribution is 6.32. The Bertz CT molecular complexity index is 921. The highest BCUT2D eigenvalue weighted by atomic mass is 35.5. The Labute approximate surface area is 150 Å². The molecule has 3 aromatic rings.